The van der Waals surface area contributed by atoms with Crippen LogP contribution in [0, 0.1) is 5.92 Å². The molecular formula is C22H32N4O4S. The molecule has 0 saturated carbocycles. The quantitative estimate of drug-likeness (QED) is 0.336. The Labute approximate surface area is 186 Å². The van der Waals surface area contributed by atoms with E-state index in [1.807, 2.05) is 44.4 Å². The summed E-state index contributed by atoms with van der Waals surface area (Å²) in [5.41, 5.74) is 7.62. The summed E-state index contributed by atoms with van der Waals surface area (Å²) >= 11 is 1.59. The lowest BCUT2D eigenvalue weighted by Gasteiger charge is -2.24. The molecule has 31 heavy (non-hydrogen) atoms. The van der Waals surface area contributed by atoms with Crippen molar-refractivity contribution in [1.29, 1.82) is 0 Å². The summed E-state index contributed by atoms with van der Waals surface area (Å²) in [5.74, 6) is -1.20. The summed E-state index contributed by atoms with van der Waals surface area (Å²) in [6, 6.07) is 4.89. The van der Waals surface area contributed by atoms with Crippen molar-refractivity contribution in [2.45, 2.75) is 51.2 Å². The van der Waals surface area contributed by atoms with E-state index in [0.29, 0.717) is 12.8 Å². The maximum absolute atomic E-state index is 12.9. The molecule has 1 aromatic heterocycles. The largest absolute Gasteiger partial charge is 0.480 e. The first-order chi connectivity index (χ1) is 14.7. The van der Waals surface area contributed by atoms with Gasteiger partial charge in [0.15, 0.2) is 0 Å². The van der Waals surface area contributed by atoms with Crippen LogP contribution in [-0.2, 0) is 20.8 Å². The molecular weight excluding hydrogens is 416 g/mol. The summed E-state index contributed by atoms with van der Waals surface area (Å²) in [4.78, 5) is 40.3. The van der Waals surface area contributed by atoms with Crippen molar-refractivity contribution in [1.82, 2.24) is 15.6 Å². The van der Waals surface area contributed by atoms with Crippen LogP contribution >= 0.6 is 11.8 Å². The summed E-state index contributed by atoms with van der Waals surface area (Å²) in [5, 5.41) is 15.9. The molecule has 3 unspecified atom stereocenters. The van der Waals surface area contributed by atoms with Gasteiger partial charge in [-0.3, -0.25) is 9.59 Å². The zero-order chi connectivity index (χ0) is 23.0. The van der Waals surface area contributed by atoms with Gasteiger partial charge in [0, 0.05) is 23.5 Å². The van der Waals surface area contributed by atoms with Gasteiger partial charge in [-0.2, -0.15) is 11.8 Å². The van der Waals surface area contributed by atoms with Crippen molar-refractivity contribution in [3.63, 3.8) is 0 Å². The van der Waals surface area contributed by atoms with Gasteiger partial charge in [0.1, 0.15) is 12.1 Å². The third kappa shape index (κ3) is 7.29. The number of amides is 2. The molecule has 0 fully saturated rings. The van der Waals surface area contributed by atoms with Crippen LogP contribution in [0.1, 0.15) is 32.3 Å². The Bertz CT molecular complexity index is 899. The molecule has 0 aliphatic heterocycles. The van der Waals surface area contributed by atoms with Gasteiger partial charge in [-0.1, -0.05) is 32.0 Å². The lowest BCUT2D eigenvalue weighted by molar-refractivity contribution is -0.142. The molecule has 8 nitrogen and oxygen atoms in total. The number of H-pyrrole nitrogens is 1. The van der Waals surface area contributed by atoms with Crippen LogP contribution < -0.4 is 16.4 Å². The molecule has 9 heteroatoms. The highest BCUT2D eigenvalue weighted by molar-refractivity contribution is 7.98. The van der Waals surface area contributed by atoms with Gasteiger partial charge in [-0.25, -0.2) is 4.79 Å². The normalized spacial score (nSPS) is 14.2. The summed E-state index contributed by atoms with van der Waals surface area (Å²) < 4.78 is 0. The van der Waals surface area contributed by atoms with Crippen LogP contribution in [0.4, 0.5) is 0 Å². The fraction of sp³-hybridized carbons (Fsp3) is 0.500. The Morgan fingerprint density at radius 1 is 1.13 bits per heavy atom. The van der Waals surface area contributed by atoms with Crippen molar-refractivity contribution < 1.29 is 19.5 Å². The van der Waals surface area contributed by atoms with E-state index in [0.717, 1.165) is 22.2 Å². The van der Waals surface area contributed by atoms with Gasteiger partial charge < -0.3 is 26.5 Å². The second-order valence-corrected chi connectivity index (χ2v) is 9.03. The molecule has 1 heterocycles. The molecule has 2 rings (SSSR count). The van der Waals surface area contributed by atoms with E-state index in [2.05, 4.69) is 15.6 Å². The van der Waals surface area contributed by atoms with Gasteiger partial charge >= 0.3 is 5.97 Å². The number of rotatable bonds is 12. The van der Waals surface area contributed by atoms with E-state index in [1.54, 1.807) is 18.0 Å². The van der Waals surface area contributed by atoms with E-state index in [4.69, 9.17) is 5.73 Å². The standard InChI is InChI=1S/C22H32N4O4S/c1-13(2)10-18(25-20(27)16(23)8-9-31-3)21(28)26-19(22(29)30)11-14-12-24-17-7-5-4-6-15(14)17/h4-7,12-13,16,18-19,24H,8-11,23H2,1-3H3,(H,25,27)(H,26,28)(H,29,30). The smallest absolute Gasteiger partial charge is 0.326 e. The Morgan fingerprint density at radius 2 is 1.81 bits per heavy atom. The number of para-hydroxylation sites is 1. The van der Waals surface area contributed by atoms with Gasteiger partial charge in [-0.05, 0) is 42.4 Å². The van der Waals surface area contributed by atoms with Crippen LogP contribution in [0.25, 0.3) is 10.9 Å². The van der Waals surface area contributed by atoms with Crippen LogP contribution in [0.2, 0.25) is 0 Å². The fourth-order valence-electron chi connectivity index (χ4n) is 3.35. The monoisotopic (exact) mass is 448 g/mol. The molecule has 0 bridgehead atoms. The number of fused-ring (bicyclic) bond motifs is 1. The van der Waals surface area contributed by atoms with Gasteiger partial charge in [0.25, 0.3) is 0 Å². The fourth-order valence-corrected chi connectivity index (χ4v) is 3.84. The van der Waals surface area contributed by atoms with Crippen molar-refractivity contribution in [3.05, 3.63) is 36.0 Å². The highest BCUT2D eigenvalue weighted by Gasteiger charge is 2.29. The van der Waals surface area contributed by atoms with Gasteiger partial charge in [-0.15, -0.1) is 0 Å². The molecule has 170 valence electrons. The second kappa shape index (κ2) is 11.8. The topological polar surface area (TPSA) is 137 Å². The number of hydrogen-bond acceptors (Lipinski definition) is 5. The minimum absolute atomic E-state index is 0.121. The molecule has 0 saturated heterocycles. The second-order valence-electron chi connectivity index (χ2n) is 8.04. The number of aromatic amines is 1. The average Bonchev–Trinajstić information content (AvgIpc) is 3.13. The maximum atomic E-state index is 12.9. The number of thioether (sulfide) groups is 1. The lowest BCUT2D eigenvalue weighted by atomic mass is 10.0. The van der Waals surface area contributed by atoms with Crippen LogP contribution in [0.15, 0.2) is 30.5 Å². The molecule has 6 N–H and O–H groups in total. The highest BCUT2D eigenvalue weighted by atomic mass is 32.2. The number of benzene rings is 1. The number of nitrogens with one attached hydrogen (secondary N) is 3. The lowest BCUT2D eigenvalue weighted by Crippen LogP contribution is -2.55. The first-order valence-corrected chi connectivity index (χ1v) is 11.7. The van der Waals surface area contributed by atoms with E-state index in [1.165, 1.54) is 0 Å². The van der Waals surface area contributed by atoms with Crippen LogP contribution in [0.5, 0.6) is 0 Å². The molecule has 2 amide bonds. The average molecular weight is 449 g/mol. The summed E-state index contributed by atoms with van der Waals surface area (Å²) in [7, 11) is 0. The minimum Gasteiger partial charge on any atom is -0.480 e. The Balaban J connectivity index is 2.10. The van der Waals surface area contributed by atoms with Crippen LogP contribution in [-0.4, -0.2) is 58.0 Å². The predicted octanol–water partition coefficient (Wildman–Crippen LogP) is 1.89. The summed E-state index contributed by atoms with van der Waals surface area (Å²) in [6.07, 6.45) is 4.69. The first kappa shape index (κ1) is 24.7. The highest BCUT2D eigenvalue weighted by Crippen LogP contribution is 2.19. The molecule has 3 atom stereocenters. The molecule has 0 spiro atoms. The zero-order valence-corrected chi connectivity index (χ0v) is 19.0. The van der Waals surface area contributed by atoms with Gasteiger partial charge in [0.2, 0.25) is 11.8 Å². The molecule has 1 aromatic carbocycles. The molecule has 0 radical (unpaired) electrons. The first-order valence-electron chi connectivity index (χ1n) is 10.4. The van der Waals surface area contributed by atoms with E-state index in [9.17, 15) is 19.5 Å². The third-order valence-corrected chi connectivity index (χ3v) is 5.67. The van der Waals surface area contributed by atoms with Crippen molar-refractivity contribution in [2.75, 3.05) is 12.0 Å². The number of carboxylic acids is 1. The third-order valence-electron chi connectivity index (χ3n) is 5.02. The molecule has 2 aromatic rings. The van der Waals surface area contributed by atoms with Crippen molar-refractivity contribution in [2.24, 2.45) is 11.7 Å². The zero-order valence-electron chi connectivity index (χ0n) is 18.2. The number of nitrogens with two attached hydrogens (primary N) is 1. The number of aliphatic carboxylic acids is 1. The SMILES string of the molecule is CSCCC(N)C(=O)NC(CC(C)C)C(=O)NC(Cc1c[nH]c2ccccc12)C(=O)O. The summed E-state index contributed by atoms with van der Waals surface area (Å²) in [6.45, 7) is 3.86. The Hall–Kier alpha value is -2.52. The van der Waals surface area contributed by atoms with E-state index >= 15 is 0 Å². The van der Waals surface area contributed by atoms with E-state index < -0.39 is 35.9 Å². The van der Waals surface area contributed by atoms with Crippen LogP contribution in [0.3, 0.4) is 0 Å². The number of carbonyl (C=O) groups excluding carboxylic acids is 2. The van der Waals surface area contributed by atoms with Crippen molar-refractivity contribution >= 4 is 40.4 Å². The van der Waals surface area contributed by atoms with E-state index in [-0.39, 0.29) is 12.3 Å². The number of carbonyl (C=O) groups is 3. The minimum atomic E-state index is -1.13. The van der Waals surface area contributed by atoms with Gasteiger partial charge in [0.05, 0.1) is 6.04 Å². The molecule has 0 aliphatic rings. The molecule has 0 aliphatic carbocycles. The number of hydrogen-bond donors (Lipinski definition) is 5. The predicted molar refractivity (Wildman–Crippen MR) is 124 cm³/mol. The number of carboxylic acid groups (broad SMARTS) is 1. The Kier molecular flexibility index (Phi) is 9.39. The Morgan fingerprint density at radius 3 is 2.45 bits per heavy atom. The van der Waals surface area contributed by atoms with Crippen molar-refractivity contribution in [3.8, 4) is 0 Å². The maximum Gasteiger partial charge on any atom is 0.326 e. The number of aromatic nitrogens is 1.